The Morgan fingerprint density at radius 1 is 0.909 bits per heavy atom. The normalized spacial score (nSPS) is 14.5. The van der Waals surface area contributed by atoms with Crippen LogP contribution in [0.5, 0.6) is 5.75 Å². The molecule has 0 aliphatic carbocycles. The maximum atomic E-state index is 12.8. The van der Waals surface area contributed by atoms with E-state index in [-0.39, 0.29) is 5.75 Å². The Hall–Kier alpha value is -3.23. The monoisotopic (exact) mass is 467 g/mol. The Balaban J connectivity index is 2.12. The SMILES string of the molecule is C[C@H](NC(=O)OC(C)(C)C)C(=O)O[C@@H](C)[C@H](Oc1ccc(C(F)(F)F)cc1)c1ccccc1. The van der Waals surface area contributed by atoms with Crippen molar-refractivity contribution >= 4 is 12.1 Å². The zero-order chi connectivity index (χ0) is 24.8. The second kappa shape index (κ2) is 10.6. The fourth-order valence-electron chi connectivity index (χ4n) is 2.84. The predicted molar refractivity (Wildman–Crippen MR) is 116 cm³/mol. The van der Waals surface area contributed by atoms with Crippen LogP contribution in [0.1, 0.15) is 51.8 Å². The third kappa shape index (κ3) is 8.32. The molecule has 180 valence electrons. The summed E-state index contributed by atoms with van der Waals surface area (Å²) in [6, 6.07) is 12.1. The molecule has 0 radical (unpaired) electrons. The molecule has 0 saturated carbocycles. The molecule has 2 aromatic rings. The number of nitrogens with one attached hydrogen (secondary N) is 1. The summed E-state index contributed by atoms with van der Waals surface area (Å²) in [5.41, 5.74) is -0.868. The van der Waals surface area contributed by atoms with Gasteiger partial charge in [0.25, 0.3) is 0 Å². The number of halogens is 3. The number of hydrogen-bond donors (Lipinski definition) is 1. The van der Waals surface area contributed by atoms with E-state index >= 15 is 0 Å². The molecule has 0 saturated heterocycles. The van der Waals surface area contributed by atoms with Crippen molar-refractivity contribution in [2.75, 3.05) is 0 Å². The van der Waals surface area contributed by atoms with Crippen LogP contribution < -0.4 is 10.1 Å². The Morgan fingerprint density at radius 2 is 1.48 bits per heavy atom. The molecule has 0 aliphatic heterocycles. The minimum Gasteiger partial charge on any atom is -0.482 e. The molecule has 0 unspecified atom stereocenters. The fraction of sp³-hybridized carbons (Fsp3) is 0.417. The van der Waals surface area contributed by atoms with Gasteiger partial charge in [-0.1, -0.05) is 30.3 Å². The van der Waals surface area contributed by atoms with Crippen LogP contribution >= 0.6 is 0 Å². The number of alkyl halides is 3. The molecule has 0 heterocycles. The van der Waals surface area contributed by atoms with Crippen molar-refractivity contribution in [1.29, 1.82) is 0 Å². The quantitative estimate of drug-likeness (QED) is 0.531. The van der Waals surface area contributed by atoms with Gasteiger partial charge in [0.1, 0.15) is 23.5 Å². The van der Waals surface area contributed by atoms with Gasteiger partial charge in [-0.2, -0.15) is 13.2 Å². The van der Waals surface area contributed by atoms with E-state index in [0.717, 1.165) is 12.1 Å². The van der Waals surface area contributed by atoms with Gasteiger partial charge in [0.15, 0.2) is 6.10 Å². The number of benzene rings is 2. The predicted octanol–water partition coefficient (Wildman–Crippen LogP) is 5.67. The topological polar surface area (TPSA) is 73.9 Å². The van der Waals surface area contributed by atoms with Crippen molar-refractivity contribution < 1.29 is 37.0 Å². The molecule has 0 aliphatic rings. The first-order chi connectivity index (χ1) is 15.3. The summed E-state index contributed by atoms with van der Waals surface area (Å²) >= 11 is 0. The highest BCUT2D eigenvalue weighted by molar-refractivity contribution is 5.81. The Kier molecular flexibility index (Phi) is 8.35. The standard InChI is InChI=1S/C24H28F3NO5/c1-15(28-22(30)33-23(3,4)5)21(29)31-16(2)20(17-9-7-6-8-10-17)32-19-13-11-18(12-14-19)24(25,26)27/h6-16,20H,1-5H3,(H,28,30)/t15-,16-,20-/m0/s1. The first kappa shape index (κ1) is 26.0. The molecule has 2 rings (SSSR count). The van der Waals surface area contributed by atoms with Gasteiger partial charge in [-0.3, -0.25) is 0 Å². The third-order valence-electron chi connectivity index (χ3n) is 4.39. The maximum absolute atomic E-state index is 12.8. The molecule has 2 aromatic carbocycles. The van der Waals surface area contributed by atoms with Crippen LogP contribution in [0.3, 0.4) is 0 Å². The summed E-state index contributed by atoms with van der Waals surface area (Å²) in [5.74, 6) is -0.537. The van der Waals surface area contributed by atoms with Crippen LogP contribution in [0.15, 0.2) is 54.6 Å². The number of carbonyl (C=O) groups is 2. The van der Waals surface area contributed by atoms with Gasteiger partial charge in [0.05, 0.1) is 5.56 Å². The van der Waals surface area contributed by atoms with Crippen LogP contribution in [0.4, 0.5) is 18.0 Å². The maximum Gasteiger partial charge on any atom is 0.416 e. The van der Waals surface area contributed by atoms with E-state index in [2.05, 4.69) is 5.32 Å². The summed E-state index contributed by atoms with van der Waals surface area (Å²) in [7, 11) is 0. The smallest absolute Gasteiger partial charge is 0.416 e. The van der Waals surface area contributed by atoms with Crippen molar-refractivity contribution in [3.05, 3.63) is 65.7 Å². The van der Waals surface area contributed by atoms with Crippen molar-refractivity contribution in [1.82, 2.24) is 5.32 Å². The molecule has 9 heteroatoms. The van der Waals surface area contributed by atoms with E-state index in [0.29, 0.717) is 5.56 Å². The highest BCUT2D eigenvalue weighted by Crippen LogP contribution is 2.32. The fourth-order valence-corrected chi connectivity index (χ4v) is 2.84. The molecule has 1 N–H and O–H groups in total. The summed E-state index contributed by atoms with van der Waals surface area (Å²) in [6.45, 7) is 8.13. The van der Waals surface area contributed by atoms with Crippen molar-refractivity contribution in [2.24, 2.45) is 0 Å². The number of esters is 1. The van der Waals surface area contributed by atoms with Crippen molar-refractivity contribution in [3.8, 4) is 5.75 Å². The zero-order valence-electron chi connectivity index (χ0n) is 19.1. The first-order valence-electron chi connectivity index (χ1n) is 10.3. The van der Waals surface area contributed by atoms with E-state index < -0.39 is 47.7 Å². The zero-order valence-corrected chi connectivity index (χ0v) is 19.1. The minimum absolute atomic E-state index is 0.180. The van der Waals surface area contributed by atoms with Crippen LogP contribution in [-0.4, -0.2) is 29.8 Å². The first-order valence-corrected chi connectivity index (χ1v) is 10.3. The summed E-state index contributed by atoms with van der Waals surface area (Å²) in [5, 5.41) is 2.41. The number of alkyl carbamates (subject to hydrolysis) is 1. The number of amides is 1. The van der Waals surface area contributed by atoms with Crippen LogP contribution in [0, 0.1) is 0 Å². The van der Waals surface area contributed by atoms with E-state index in [4.69, 9.17) is 14.2 Å². The lowest BCUT2D eigenvalue weighted by Gasteiger charge is -2.27. The molecule has 0 spiro atoms. The van der Waals surface area contributed by atoms with Gasteiger partial charge in [-0.05, 0) is 64.4 Å². The average molecular weight is 467 g/mol. The second-order valence-electron chi connectivity index (χ2n) is 8.48. The lowest BCUT2D eigenvalue weighted by atomic mass is 10.0. The number of hydrogen-bond acceptors (Lipinski definition) is 5. The van der Waals surface area contributed by atoms with Crippen LogP contribution in [0.2, 0.25) is 0 Å². The molecule has 0 fully saturated rings. The number of ether oxygens (including phenoxy) is 3. The molecule has 33 heavy (non-hydrogen) atoms. The van der Waals surface area contributed by atoms with Crippen LogP contribution in [-0.2, 0) is 20.4 Å². The second-order valence-corrected chi connectivity index (χ2v) is 8.48. The highest BCUT2D eigenvalue weighted by Gasteiger charge is 2.31. The van der Waals surface area contributed by atoms with Crippen molar-refractivity contribution in [3.63, 3.8) is 0 Å². The Morgan fingerprint density at radius 3 is 2.00 bits per heavy atom. The van der Waals surface area contributed by atoms with E-state index in [9.17, 15) is 22.8 Å². The molecule has 1 amide bonds. The largest absolute Gasteiger partial charge is 0.482 e. The van der Waals surface area contributed by atoms with E-state index in [1.165, 1.54) is 19.1 Å². The average Bonchev–Trinajstić information content (AvgIpc) is 2.70. The van der Waals surface area contributed by atoms with E-state index in [1.54, 1.807) is 58.0 Å². The van der Waals surface area contributed by atoms with Gasteiger partial charge in [-0.15, -0.1) is 0 Å². The Labute approximate surface area is 191 Å². The number of rotatable bonds is 7. The van der Waals surface area contributed by atoms with Crippen molar-refractivity contribution in [2.45, 2.75) is 64.6 Å². The number of carbonyl (C=O) groups excluding carboxylic acids is 2. The van der Waals surface area contributed by atoms with Gasteiger partial charge in [0, 0.05) is 0 Å². The third-order valence-corrected chi connectivity index (χ3v) is 4.39. The molecule has 0 aromatic heterocycles. The molecule has 0 bridgehead atoms. The van der Waals surface area contributed by atoms with Crippen LogP contribution in [0.25, 0.3) is 0 Å². The van der Waals surface area contributed by atoms with Gasteiger partial charge in [-0.25, -0.2) is 9.59 Å². The minimum atomic E-state index is -4.46. The molecular weight excluding hydrogens is 439 g/mol. The van der Waals surface area contributed by atoms with Gasteiger partial charge < -0.3 is 19.5 Å². The molecule has 6 nitrogen and oxygen atoms in total. The molecular formula is C24H28F3NO5. The summed E-state index contributed by atoms with van der Waals surface area (Å²) in [6.07, 6.45) is -6.86. The summed E-state index contributed by atoms with van der Waals surface area (Å²) in [4.78, 5) is 24.4. The Bertz CT molecular complexity index is 924. The van der Waals surface area contributed by atoms with E-state index in [1.807, 2.05) is 0 Å². The van der Waals surface area contributed by atoms with Gasteiger partial charge >= 0.3 is 18.2 Å². The summed E-state index contributed by atoms with van der Waals surface area (Å²) < 4.78 is 55.0. The highest BCUT2D eigenvalue weighted by atomic mass is 19.4. The molecule has 3 atom stereocenters. The lowest BCUT2D eigenvalue weighted by Crippen LogP contribution is -2.43. The lowest BCUT2D eigenvalue weighted by molar-refractivity contribution is -0.155. The van der Waals surface area contributed by atoms with Gasteiger partial charge in [0.2, 0.25) is 0 Å².